The maximum Gasteiger partial charge on any atom is 0.472 e. The topological polar surface area (TPSA) is 237 Å². The van der Waals surface area contributed by atoms with Crippen molar-refractivity contribution in [3.05, 3.63) is 0 Å². The van der Waals surface area contributed by atoms with Crippen LogP contribution in [0.5, 0.6) is 0 Å². The van der Waals surface area contributed by atoms with Crippen molar-refractivity contribution in [3.8, 4) is 0 Å². The molecular weight excluding hydrogens is 1400 g/mol. The molecule has 0 amide bonds. The van der Waals surface area contributed by atoms with E-state index >= 15 is 0 Å². The summed E-state index contributed by atoms with van der Waals surface area (Å²) < 4.78 is 69.0. The van der Waals surface area contributed by atoms with Gasteiger partial charge in [-0.3, -0.25) is 37.3 Å². The van der Waals surface area contributed by atoms with Gasteiger partial charge >= 0.3 is 39.5 Å². The van der Waals surface area contributed by atoms with Gasteiger partial charge in [-0.05, 0) is 31.6 Å². The Hall–Kier alpha value is -1.94. The smallest absolute Gasteiger partial charge is 0.462 e. The van der Waals surface area contributed by atoms with E-state index < -0.39 is 97.5 Å². The summed E-state index contributed by atoms with van der Waals surface area (Å²) in [6.07, 6.45) is 76.4. The van der Waals surface area contributed by atoms with Crippen LogP contribution in [0.3, 0.4) is 0 Å². The largest absolute Gasteiger partial charge is 0.472 e. The van der Waals surface area contributed by atoms with Crippen LogP contribution in [0.25, 0.3) is 0 Å². The quantitative estimate of drug-likeness (QED) is 0.0222. The van der Waals surface area contributed by atoms with Crippen molar-refractivity contribution in [2.24, 2.45) is 5.92 Å². The number of phosphoric ester groups is 2. The predicted octanol–water partition coefficient (Wildman–Crippen LogP) is 27.5. The number of unbranched alkanes of at least 4 members (excludes halogenated alkanes) is 61. The lowest BCUT2D eigenvalue weighted by Gasteiger charge is -2.21. The molecule has 0 bridgehead atoms. The van der Waals surface area contributed by atoms with Gasteiger partial charge in [-0.15, -0.1) is 0 Å². The Balaban J connectivity index is 5.21. The predicted molar refractivity (Wildman–Crippen MR) is 446 cm³/mol. The molecule has 0 aliphatic carbocycles. The summed E-state index contributed by atoms with van der Waals surface area (Å²) >= 11 is 0. The fourth-order valence-electron chi connectivity index (χ4n) is 14.0. The first kappa shape index (κ1) is 106. The van der Waals surface area contributed by atoms with Gasteiger partial charge in [-0.2, -0.15) is 0 Å². The number of carbonyl (C=O) groups excluding carboxylic acids is 4. The van der Waals surface area contributed by atoms with E-state index in [-0.39, 0.29) is 25.7 Å². The molecule has 5 atom stereocenters. The number of phosphoric acid groups is 2. The molecule has 0 aliphatic rings. The first-order valence-corrected chi connectivity index (χ1v) is 49.1. The maximum atomic E-state index is 13.2. The van der Waals surface area contributed by atoms with Gasteiger partial charge in [0, 0.05) is 25.7 Å². The van der Waals surface area contributed by atoms with Gasteiger partial charge in [-0.1, -0.05) is 433 Å². The van der Waals surface area contributed by atoms with Crippen LogP contribution in [0.2, 0.25) is 0 Å². The zero-order valence-corrected chi connectivity index (χ0v) is 72.8. The zero-order chi connectivity index (χ0) is 79.0. The van der Waals surface area contributed by atoms with Gasteiger partial charge < -0.3 is 33.8 Å². The summed E-state index contributed by atoms with van der Waals surface area (Å²) in [6.45, 7) is 7.42. The van der Waals surface area contributed by atoms with Crippen LogP contribution in [0.15, 0.2) is 0 Å². The Morgan fingerprint density at radius 3 is 0.630 bits per heavy atom. The van der Waals surface area contributed by atoms with Crippen LogP contribution >= 0.6 is 15.6 Å². The minimum atomic E-state index is -4.97. The Labute approximate surface area is 664 Å². The van der Waals surface area contributed by atoms with E-state index in [4.69, 9.17) is 37.0 Å². The highest BCUT2D eigenvalue weighted by atomic mass is 31.2. The van der Waals surface area contributed by atoms with Crippen LogP contribution in [0.1, 0.15) is 484 Å². The molecule has 0 aliphatic heterocycles. The number of hydrogen-bond donors (Lipinski definition) is 3. The fourth-order valence-corrected chi connectivity index (χ4v) is 15.6. The highest BCUT2D eigenvalue weighted by Gasteiger charge is 2.30. The summed E-state index contributed by atoms with van der Waals surface area (Å²) in [7, 11) is -9.93. The number of hydrogen-bond acceptors (Lipinski definition) is 15. The summed E-state index contributed by atoms with van der Waals surface area (Å²) in [5.74, 6) is -1.27. The lowest BCUT2D eigenvalue weighted by atomic mass is 10.0. The molecule has 17 nitrogen and oxygen atoms in total. The third-order valence-electron chi connectivity index (χ3n) is 21.0. The third-order valence-corrected chi connectivity index (χ3v) is 22.9. The Morgan fingerprint density at radius 1 is 0.250 bits per heavy atom. The maximum absolute atomic E-state index is 13.2. The van der Waals surface area contributed by atoms with E-state index in [2.05, 4.69) is 34.6 Å². The van der Waals surface area contributed by atoms with Crippen molar-refractivity contribution in [1.29, 1.82) is 0 Å². The molecule has 0 fully saturated rings. The second kappa shape index (κ2) is 81.6. The molecule has 3 N–H and O–H groups in total. The van der Waals surface area contributed by atoms with E-state index in [9.17, 15) is 43.2 Å². The van der Waals surface area contributed by atoms with Gasteiger partial charge in [0.05, 0.1) is 26.4 Å². The standard InChI is InChI=1S/C89H174O17P2/c1-6-9-12-15-18-21-24-27-28-29-30-31-32-33-38-41-45-50-55-60-65-70-75-89(94)106-85(79-100-87(92)73-68-63-58-53-48-44-40-37-35-34-36-39-43-46-51-56-61-66-71-82(4)5)81-104-108(97,98)102-77-83(90)76-101-107(95,96)103-80-84(78-99-86(91)72-67-62-57-52-47-26-23-20-17-14-11-8-3)105-88(93)74-69-64-59-54-49-42-25-22-19-16-13-10-7-2/h82-85,90H,6-81H2,1-5H3,(H,95,96)(H,97,98)/t83-,84+,85+/m0/s1. The van der Waals surface area contributed by atoms with Crippen molar-refractivity contribution in [2.45, 2.75) is 502 Å². The molecule has 0 spiro atoms. The molecule has 0 heterocycles. The molecule has 0 saturated carbocycles. The van der Waals surface area contributed by atoms with E-state index in [0.29, 0.717) is 25.7 Å². The second-order valence-electron chi connectivity index (χ2n) is 32.5. The number of ether oxygens (including phenoxy) is 4. The molecule has 0 rings (SSSR count). The summed E-state index contributed by atoms with van der Waals surface area (Å²) in [5.41, 5.74) is 0. The monoisotopic (exact) mass is 1580 g/mol. The molecule has 0 saturated heterocycles. The van der Waals surface area contributed by atoms with Gasteiger partial charge in [0.25, 0.3) is 0 Å². The summed E-state index contributed by atoms with van der Waals surface area (Å²) in [6, 6.07) is 0. The molecular formula is C89H174O17P2. The highest BCUT2D eigenvalue weighted by molar-refractivity contribution is 7.47. The zero-order valence-electron chi connectivity index (χ0n) is 71.0. The van der Waals surface area contributed by atoms with Gasteiger partial charge in [0.1, 0.15) is 19.3 Å². The van der Waals surface area contributed by atoms with Crippen LogP contribution in [-0.2, 0) is 65.4 Å². The molecule has 2 unspecified atom stereocenters. The fraction of sp³-hybridized carbons (Fsp3) is 0.955. The van der Waals surface area contributed by atoms with E-state index in [0.717, 1.165) is 95.8 Å². The Bertz CT molecular complexity index is 2050. The average molecular weight is 1580 g/mol. The average Bonchev–Trinajstić information content (AvgIpc) is 0.895. The van der Waals surface area contributed by atoms with Gasteiger partial charge in [0.2, 0.25) is 0 Å². The molecule has 19 heteroatoms. The van der Waals surface area contributed by atoms with Crippen molar-refractivity contribution in [2.75, 3.05) is 39.6 Å². The highest BCUT2D eigenvalue weighted by Crippen LogP contribution is 2.45. The number of rotatable bonds is 89. The van der Waals surface area contributed by atoms with E-state index in [1.165, 1.54) is 308 Å². The van der Waals surface area contributed by atoms with E-state index in [1.54, 1.807) is 0 Å². The Kier molecular flexibility index (Phi) is 80.2. The van der Waals surface area contributed by atoms with Crippen molar-refractivity contribution >= 4 is 39.5 Å². The SMILES string of the molecule is CCCCCCCCCCCCCCCCCCCCCCCCC(=O)O[C@H](COC(=O)CCCCCCCCCCCCCCCCCCCCC(C)C)COP(=O)(O)OC[C@@H](O)COP(=O)(O)OC[C@@H](COC(=O)CCCCCCCCCCCCCC)OC(=O)CCCCCCCCCCCCCCC. The van der Waals surface area contributed by atoms with E-state index in [1.807, 2.05) is 0 Å². The Morgan fingerprint density at radius 2 is 0.426 bits per heavy atom. The lowest BCUT2D eigenvalue weighted by Crippen LogP contribution is -2.30. The molecule has 0 aromatic carbocycles. The van der Waals surface area contributed by atoms with Crippen LogP contribution in [-0.4, -0.2) is 96.7 Å². The number of esters is 4. The number of carbonyl (C=O) groups is 4. The first-order chi connectivity index (χ1) is 52.5. The molecule has 642 valence electrons. The second-order valence-corrected chi connectivity index (χ2v) is 35.4. The lowest BCUT2D eigenvalue weighted by molar-refractivity contribution is -0.161. The molecule has 0 aromatic rings. The van der Waals surface area contributed by atoms with Crippen molar-refractivity contribution in [1.82, 2.24) is 0 Å². The third kappa shape index (κ3) is 82.1. The molecule has 108 heavy (non-hydrogen) atoms. The minimum Gasteiger partial charge on any atom is -0.462 e. The van der Waals surface area contributed by atoms with Crippen LogP contribution in [0.4, 0.5) is 0 Å². The van der Waals surface area contributed by atoms with Gasteiger partial charge in [0.15, 0.2) is 12.2 Å². The van der Waals surface area contributed by atoms with Crippen molar-refractivity contribution in [3.63, 3.8) is 0 Å². The molecule has 0 radical (unpaired) electrons. The van der Waals surface area contributed by atoms with Crippen LogP contribution < -0.4 is 0 Å². The molecule has 0 aromatic heterocycles. The summed E-state index contributed by atoms with van der Waals surface area (Å²) in [4.78, 5) is 73.3. The van der Waals surface area contributed by atoms with Crippen LogP contribution in [0, 0.1) is 5.92 Å². The number of aliphatic hydroxyl groups excluding tert-OH is 1. The normalized spacial score (nSPS) is 13.7. The minimum absolute atomic E-state index is 0.109. The first-order valence-electron chi connectivity index (χ1n) is 46.1. The van der Waals surface area contributed by atoms with Gasteiger partial charge in [-0.25, -0.2) is 9.13 Å². The van der Waals surface area contributed by atoms with Crippen molar-refractivity contribution < 1.29 is 80.2 Å². The summed E-state index contributed by atoms with van der Waals surface area (Å²) in [5, 5.41) is 10.7. The number of aliphatic hydroxyl groups is 1.